The summed E-state index contributed by atoms with van der Waals surface area (Å²) in [5.74, 6) is 0.214. The van der Waals surface area contributed by atoms with Gasteiger partial charge in [-0.05, 0) is 24.3 Å². The number of rotatable bonds is 7. The van der Waals surface area contributed by atoms with Crippen molar-refractivity contribution in [2.45, 2.75) is 0 Å². The maximum absolute atomic E-state index is 11.4. The van der Waals surface area contributed by atoms with Crippen LogP contribution in [0, 0.1) is 0 Å². The molecule has 0 aliphatic heterocycles. The fraction of sp³-hybridized carbons (Fsp3) is 0.364. The van der Waals surface area contributed by atoms with Crippen molar-refractivity contribution in [3.63, 3.8) is 0 Å². The Morgan fingerprint density at radius 1 is 1.26 bits per heavy atom. The van der Waals surface area contributed by atoms with Crippen LogP contribution in [0.4, 0.5) is 5.69 Å². The maximum Gasteiger partial charge on any atom is 0.257 e. The average Bonchev–Trinajstić information content (AvgIpc) is 2.33. The van der Waals surface area contributed by atoms with Gasteiger partial charge in [-0.3, -0.25) is 4.79 Å². The highest BCUT2D eigenvalue weighted by Gasteiger charge is 2.03. The number of benzene rings is 1. The van der Waals surface area contributed by atoms with Gasteiger partial charge >= 0.3 is 0 Å². The summed E-state index contributed by atoms with van der Waals surface area (Å²) in [6, 6.07) is 6.66. The molecule has 106 valence electrons. The molecule has 0 aliphatic rings. The summed E-state index contributed by atoms with van der Waals surface area (Å²) in [6.45, 7) is 0.215. The molecular weight excluding hydrogens is 270 g/mol. The van der Waals surface area contributed by atoms with E-state index in [1.807, 2.05) is 0 Å². The Morgan fingerprint density at radius 3 is 2.47 bits per heavy atom. The lowest BCUT2D eigenvalue weighted by Crippen LogP contribution is -2.36. The highest BCUT2D eigenvalue weighted by molar-refractivity contribution is 7.88. The third kappa shape index (κ3) is 7.27. The van der Waals surface area contributed by atoms with E-state index < -0.39 is 10.0 Å². The first kappa shape index (κ1) is 15.3. The second-order valence-corrected chi connectivity index (χ2v) is 5.71. The summed E-state index contributed by atoms with van der Waals surface area (Å²) in [7, 11) is -3.23. The molecule has 0 bridgehead atoms. The van der Waals surface area contributed by atoms with Crippen LogP contribution < -0.4 is 20.5 Å². The molecule has 0 aromatic heterocycles. The van der Waals surface area contributed by atoms with Crippen molar-refractivity contribution in [1.29, 1.82) is 0 Å². The first-order chi connectivity index (χ1) is 8.87. The summed E-state index contributed by atoms with van der Waals surface area (Å²) in [6.07, 6.45) is 1.05. The number of hydrogen-bond acceptors (Lipinski definition) is 5. The van der Waals surface area contributed by atoms with Crippen molar-refractivity contribution in [2.75, 3.05) is 31.7 Å². The Hall–Kier alpha value is -1.80. The molecule has 0 radical (unpaired) electrons. The van der Waals surface area contributed by atoms with Crippen molar-refractivity contribution >= 4 is 21.6 Å². The number of carbonyl (C=O) groups excluding carboxylic acids is 1. The predicted octanol–water partition coefficient (Wildman–Crippen LogP) is -0.687. The number of carbonyl (C=O) groups is 1. The minimum absolute atomic E-state index is 0.136. The highest BCUT2D eigenvalue weighted by atomic mass is 32.2. The SMILES string of the molecule is CS(=O)(=O)NCCNC(=O)COc1ccc(N)cc1. The first-order valence-electron chi connectivity index (χ1n) is 5.56. The number of nitrogen functional groups attached to an aromatic ring is 1. The molecule has 1 aromatic carbocycles. The molecule has 0 spiro atoms. The van der Waals surface area contributed by atoms with Gasteiger partial charge in [-0.1, -0.05) is 0 Å². The van der Waals surface area contributed by atoms with Crippen molar-refractivity contribution < 1.29 is 17.9 Å². The fourth-order valence-corrected chi connectivity index (χ4v) is 1.68. The predicted molar refractivity (Wildman–Crippen MR) is 72.2 cm³/mol. The van der Waals surface area contributed by atoms with Crippen LogP contribution in [-0.4, -0.2) is 40.3 Å². The number of ether oxygens (including phenoxy) is 1. The van der Waals surface area contributed by atoms with Crippen LogP contribution in [0.3, 0.4) is 0 Å². The lowest BCUT2D eigenvalue weighted by molar-refractivity contribution is -0.123. The molecule has 4 N–H and O–H groups in total. The fourth-order valence-electron chi connectivity index (χ4n) is 1.20. The van der Waals surface area contributed by atoms with Crippen LogP contribution in [0.1, 0.15) is 0 Å². The number of amides is 1. The summed E-state index contributed by atoms with van der Waals surface area (Å²) in [5.41, 5.74) is 6.12. The third-order valence-electron chi connectivity index (χ3n) is 2.06. The standard InChI is InChI=1S/C11H17N3O4S/c1-19(16,17)14-7-6-13-11(15)8-18-10-4-2-9(12)3-5-10/h2-5,14H,6-8,12H2,1H3,(H,13,15). The molecule has 0 aliphatic carbocycles. The number of sulfonamides is 1. The van der Waals surface area contributed by atoms with Crippen molar-refractivity contribution in [3.05, 3.63) is 24.3 Å². The normalized spacial score (nSPS) is 11.0. The van der Waals surface area contributed by atoms with Crippen LogP contribution in [0.25, 0.3) is 0 Å². The number of nitrogens with two attached hydrogens (primary N) is 1. The summed E-state index contributed by atoms with van der Waals surface area (Å²) >= 11 is 0. The van der Waals surface area contributed by atoms with Gasteiger partial charge in [0.2, 0.25) is 10.0 Å². The molecule has 0 fully saturated rings. The van der Waals surface area contributed by atoms with Gasteiger partial charge in [-0.25, -0.2) is 13.1 Å². The van der Waals surface area contributed by atoms with Crippen molar-refractivity contribution in [1.82, 2.24) is 10.0 Å². The first-order valence-corrected chi connectivity index (χ1v) is 7.45. The van der Waals surface area contributed by atoms with Crippen LogP contribution in [0.15, 0.2) is 24.3 Å². The van der Waals surface area contributed by atoms with E-state index in [9.17, 15) is 13.2 Å². The van der Waals surface area contributed by atoms with Gasteiger partial charge in [0, 0.05) is 18.8 Å². The lowest BCUT2D eigenvalue weighted by atomic mass is 10.3. The average molecular weight is 287 g/mol. The van der Waals surface area contributed by atoms with Crippen LogP contribution >= 0.6 is 0 Å². The molecule has 0 saturated heterocycles. The quantitative estimate of drug-likeness (QED) is 0.454. The summed E-state index contributed by atoms with van der Waals surface area (Å²) in [4.78, 5) is 11.4. The molecule has 0 saturated carbocycles. The van der Waals surface area contributed by atoms with E-state index in [1.54, 1.807) is 24.3 Å². The molecule has 0 unspecified atom stereocenters. The monoisotopic (exact) mass is 287 g/mol. The minimum atomic E-state index is -3.23. The van der Waals surface area contributed by atoms with Crippen molar-refractivity contribution in [2.24, 2.45) is 0 Å². The van der Waals surface area contributed by atoms with E-state index in [1.165, 1.54) is 0 Å². The molecular formula is C11H17N3O4S. The molecule has 1 aromatic rings. The van der Waals surface area contributed by atoms with E-state index in [0.29, 0.717) is 11.4 Å². The van der Waals surface area contributed by atoms with Crippen LogP contribution in [0.2, 0.25) is 0 Å². The Kier molecular flexibility index (Phi) is 5.58. The molecule has 7 nitrogen and oxygen atoms in total. The summed E-state index contributed by atoms with van der Waals surface area (Å²) < 4.78 is 29.0. The number of anilines is 1. The Balaban J connectivity index is 2.19. The molecule has 0 atom stereocenters. The van der Waals surface area contributed by atoms with E-state index in [2.05, 4.69) is 10.0 Å². The zero-order chi connectivity index (χ0) is 14.3. The van der Waals surface area contributed by atoms with E-state index in [-0.39, 0.29) is 25.6 Å². The third-order valence-corrected chi connectivity index (χ3v) is 2.79. The molecule has 0 heterocycles. The van der Waals surface area contributed by atoms with E-state index in [0.717, 1.165) is 6.26 Å². The van der Waals surface area contributed by atoms with Crippen LogP contribution in [0.5, 0.6) is 5.75 Å². The van der Waals surface area contributed by atoms with E-state index >= 15 is 0 Å². The van der Waals surface area contributed by atoms with Gasteiger partial charge in [-0.2, -0.15) is 0 Å². The Labute approximate surface area is 112 Å². The number of nitrogens with one attached hydrogen (secondary N) is 2. The van der Waals surface area contributed by atoms with Crippen LogP contribution in [-0.2, 0) is 14.8 Å². The van der Waals surface area contributed by atoms with Gasteiger partial charge in [0.25, 0.3) is 5.91 Å². The largest absolute Gasteiger partial charge is 0.484 e. The smallest absolute Gasteiger partial charge is 0.257 e. The van der Waals surface area contributed by atoms with Gasteiger partial charge in [-0.15, -0.1) is 0 Å². The van der Waals surface area contributed by atoms with Gasteiger partial charge in [0.1, 0.15) is 5.75 Å². The number of hydrogen-bond donors (Lipinski definition) is 3. The Morgan fingerprint density at radius 2 is 1.89 bits per heavy atom. The van der Waals surface area contributed by atoms with Gasteiger partial charge in [0.05, 0.1) is 6.26 Å². The maximum atomic E-state index is 11.4. The van der Waals surface area contributed by atoms with Crippen molar-refractivity contribution in [3.8, 4) is 5.75 Å². The second kappa shape index (κ2) is 6.95. The molecule has 8 heteroatoms. The van der Waals surface area contributed by atoms with Gasteiger partial charge in [0.15, 0.2) is 6.61 Å². The zero-order valence-electron chi connectivity index (χ0n) is 10.5. The molecule has 1 rings (SSSR count). The second-order valence-electron chi connectivity index (χ2n) is 3.87. The molecule has 1 amide bonds. The highest BCUT2D eigenvalue weighted by Crippen LogP contribution is 2.12. The topological polar surface area (TPSA) is 111 Å². The molecule has 19 heavy (non-hydrogen) atoms. The zero-order valence-corrected chi connectivity index (χ0v) is 11.4. The summed E-state index contributed by atoms with van der Waals surface area (Å²) in [5, 5.41) is 2.52. The lowest BCUT2D eigenvalue weighted by Gasteiger charge is -2.07. The minimum Gasteiger partial charge on any atom is -0.484 e. The van der Waals surface area contributed by atoms with Gasteiger partial charge < -0.3 is 15.8 Å². The van der Waals surface area contributed by atoms with E-state index in [4.69, 9.17) is 10.5 Å². The Bertz CT molecular complexity index is 513.